The zero-order valence-corrected chi connectivity index (χ0v) is 34.3. The molecule has 0 bridgehead atoms. The van der Waals surface area contributed by atoms with Crippen LogP contribution in [0.15, 0.2) is 217 Å². The summed E-state index contributed by atoms with van der Waals surface area (Å²) >= 11 is 0. The summed E-state index contributed by atoms with van der Waals surface area (Å²) < 4.78 is 19.2. The highest BCUT2D eigenvalue weighted by Gasteiger charge is 2.46. The number of rotatable bonds is 6. The highest BCUT2D eigenvalue weighted by Crippen LogP contribution is 2.58. The van der Waals surface area contributed by atoms with Crippen molar-refractivity contribution >= 4 is 21.9 Å². The van der Waals surface area contributed by atoms with Gasteiger partial charge in [-0.15, -0.1) is 0 Å². The maximum Gasteiger partial charge on any atom is 0.170 e. The van der Waals surface area contributed by atoms with Crippen molar-refractivity contribution in [2.75, 3.05) is 0 Å². The summed E-state index contributed by atoms with van der Waals surface area (Å²) in [7, 11) is 0. The van der Waals surface area contributed by atoms with Crippen molar-refractivity contribution in [2.45, 2.75) is 5.41 Å². The van der Waals surface area contributed by atoms with E-state index in [4.69, 9.17) is 28.8 Å². The lowest BCUT2D eigenvalue weighted by Gasteiger charge is -2.34. The molecule has 0 N–H and O–H groups in total. The minimum Gasteiger partial charge on any atom is -0.456 e. The van der Waals surface area contributed by atoms with Crippen LogP contribution in [-0.4, -0.2) is 15.0 Å². The molecule has 0 saturated heterocycles. The third-order valence-electron chi connectivity index (χ3n) is 12.7. The molecule has 300 valence electrons. The van der Waals surface area contributed by atoms with E-state index in [2.05, 4.69) is 152 Å². The van der Waals surface area contributed by atoms with E-state index < -0.39 is 5.41 Å². The largest absolute Gasteiger partial charge is 0.456 e. The van der Waals surface area contributed by atoms with Crippen LogP contribution in [0.5, 0.6) is 23.0 Å². The van der Waals surface area contributed by atoms with E-state index in [1.807, 2.05) is 60.7 Å². The van der Waals surface area contributed by atoms with Crippen molar-refractivity contribution in [3.05, 3.63) is 235 Å². The van der Waals surface area contributed by atoms with E-state index in [-0.39, 0.29) is 0 Å². The van der Waals surface area contributed by atoms with Crippen LogP contribution >= 0.6 is 0 Å². The lowest BCUT2D eigenvalue weighted by Crippen LogP contribution is -2.28. The van der Waals surface area contributed by atoms with Crippen LogP contribution in [0, 0.1) is 0 Å². The van der Waals surface area contributed by atoms with Crippen LogP contribution in [0.25, 0.3) is 78.4 Å². The zero-order valence-electron chi connectivity index (χ0n) is 34.3. The average molecular weight is 822 g/mol. The van der Waals surface area contributed by atoms with E-state index in [1.165, 1.54) is 22.3 Å². The van der Waals surface area contributed by atoms with Crippen molar-refractivity contribution in [3.63, 3.8) is 0 Å². The molecular formula is C58H35N3O3. The smallest absolute Gasteiger partial charge is 0.170 e. The molecule has 0 spiro atoms. The van der Waals surface area contributed by atoms with Gasteiger partial charge in [-0.05, 0) is 93.0 Å². The lowest BCUT2D eigenvalue weighted by atomic mass is 9.67. The van der Waals surface area contributed by atoms with E-state index in [1.54, 1.807) is 0 Å². The topological polar surface area (TPSA) is 70.3 Å². The first kappa shape index (κ1) is 36.1. The van der Waals surface area contributed by atoms with E-state index in [0.717, 1.165) is 60.9 Å². The molecule has 3 heterocycles. The molecule has 0 amide bonds. The number of aromatic nitrogens is 3. The van der Waals surface area contributed by atoms with Crippen molar-refractivity contribution < 1.29 is 13.9 Å². The maximum atomic E-state index is 6.52. The quantitative estimate of drug-likeness (QED) is 0.166. The molecule has 1 aliphatic carbocycles. The normalized spacial score (nSPS) is 13.1. The summed E-state index contributed by atoms with van der Waals surface area (Å²) in [4.78, 5) is 15.5. The Morgan fingerprint density at radius 2 is 0.844 bits per heavy atom. The summed E-state index contributed by atoms with van der Waals surface area (Å²) in [5.41, 5.74) is 12.7. The fraction of sp³-hybridized carbons (Fsp3) is 0.0172. The molecule has 0 unspecified atom stereocenters. The first-order chi connectivity index (χ1) is 31.7. The number of nitrogens with zero attached hydrogens (tertiary/aromatic N) is 3. The van der Waals surface area contributed by atoms with E-state index in [9.17, 15) is 0 Å². The van der Waals surface area contributed by atoms with Crippen LogP contribution in [-0.2, 0) is 5.41 Å². The maximum absolute atomic E-state index is 6.52. The first-order valence-corrected chi connectivity index (χ1v) is 21.4. The van der Waals surface area contributed by atoms with Gasteiger partial charge in [0.25, 0.3) is 0 Å². The molecule has 13 rings (SSSR count). The monoisotopic (exact) mass is 821 g/mol. The molecule has 0 saturated carbocycles. The van der Waals surface area contributed by atoms with Gasteiger partial charge in [0.05, 0.1) is 5.41 Å². The molecule has 0 fully saturated rings. The Labute approximate surface area is 368 Å². The molecule has 0 radical (unpaired) electrons. The minimum atomic E-state index is -0.670. The first-order valence-electron chi connectivity index (χ1n) is 21.4. The fourth-order valence-electron chi connectivity index (χ4n) is 9.75. The van der Waals surface area contributed by atoms with Gasteiger partial charge in [-0.2, -0.15) is 0 Å². The Hall–Kier alpha value is -8.61. The highest BCUT2D eigenvalue weighted by molar-refractivity contribution is 6.05. The van der Waals surface area contributed by atoms with E-state index >= 15 is 0 Å². The molecule has 2 aromatic heterocycles. The Balaban J connectivity index is 0.974. The summed E-state index contributed by atoms with van der Waals surface area (Å²) in [6.07, 6.45) is 0. The van der Waals surface area contributed by atoms with Gasteiger partial charge in [0.1, 0.15) is 11.2 Å². The van der Waals surface area contributed by atoms with Crippen LogP contribution in [0.1, 0.15) is 22.3 Å². The van der Waals surface area contributed by atoms with Crippen molar-refractivity contribution in [3.8, 4) is 79.4 Å². The molecule has 11 aromatic rings. The predicted molar refractivity (Wildman–Crippen MR) is 253 cm³/mol. The van der Waals surface area contributed by atoms with Crippen LogP contribution in [0.4, 0.5) is 0 Å². The number of para-hydroxylation sites is 3. The standard InChI is InChI=1S/C58H35N3O3/c1-2-13-36(14-3-1)38-15-12-16-39(33-38)56-59-55(60-57(61-56)40-27-31-46-45-19-6-9-22-49(45)62-53(46)34-40)37-25-28-41(29-26-37)58(47-20-7-4-17-43(47)44-18-5-8-21-48(44)58)42-30-32-52-54(35-42)64-51-24-11-10-23-50(51)63-52/h1-35H. The van der Waals surface area contributed by atoms with E-state index in [0.29, 0.717) is 40.5 Å². The molecule has 2 aliphatic rings. The molecule has 6 nitrogen and oxygen atoms in total. The lowest BCUT2D eigenvalue weighted by molar-refractivity contribution is 0.359. The molecule has 6 heteroatoms. The van der Waals surface area contributed by atoms with Gasteiger partial charge in [0.15, 0.2) is 40.5 Å². The second-order valence-corrected chi connectivity index (χ2v) is 16.3. The number of hydrogen-bond acceptors (Lipinski definition) is 6. The Morgan fingerprint density at radius 3 is 1.59 bits per heavy atom. The fourth-order valence-corrected chi connectivity index (χ4v) is 9.75. The van der Waals surface area contributed by atoms with Gasteiger partial charge in [0.2, 0.25) is 0 Å². The average Bonchev–Trinajstić information content (AvgIpc) is 3.89. The molecule has 64 heavy (non-hydrogen) atoms. The Bertz CT molecular complexity index is 3590. The number of furan rings is 1. The second-order valence-electron chi connectivity index (χ2n) is 16.3. The number of ether oxygens (including phenoxy) is 2. The molecule has 0 atom stereocenters. The van der Waals surface area contributed by atoms with Gasteiger partial charge < -0.3 is 13.9 Å². The molecule has 1 aliphatic heterocycles. The van der Waals surface area contributed by atoms with Crippen molar-refractivity contribution in [1.29, 1.82) is 0 Å². The van der Waals surface area contributed by atoms with Crippen LogP contribution < -0.4 is 9.47 Å². The van der Waals surface area contributed by atoms with Gasteiger partial charge in [-0.25, -0.2) is 15.0 Å². The summed E-state index contributed by atoms with van der Waals surface area (Å²) in [5.74, 6) is 4.47. The summed E-state index contributed by atoms with van der Waals surface area (Å²) in [6.45, 7) is 0. The zero-order chi connectivity index (χ0) is 42.2. The third-order valence-corrected chi connectivity index (χ3v) is 12.7. The molecular weight excluding hydrogens is 787 g/mol. The minimum absolute atomic E-state index is 0.560. The highest BCUT2D eigenvalue weighted by atomic mass is 16.6. The molecule has 9 aromatic carbocycles. The predicted octanol–water partition coefficient (Wildman–Crippen LogP) is 14.7. The SMILES string of the molecule is c1ccc(-c2cccc(-c3nc(-c4ccc(C5(c6ccc7c(c6)Oc6ccccc6O7)c6ccccc6-c6ccccc65)cc4)nc(-c4ccc5c(c4)oc4ccccc45)n3)c2)cc1. The van der Waals surface area contributed by atoms with Gasteiger partial charge in [-0.3, -0.25) is 0 Å². The van der Waals surface area contributed by atoms with Gasteiger partial charge in [0, 0.05) is 27.5 Å². The number of fused-ring (bicyclic) bond motifs is 8. The van der Waals surface area contributed by atoms with Crippen LogP contribution in [0.2, 0.25) is 0 Å². The van der Waals surface area contributed by atoms with Gasteiger partial charge in [-0.1, -0.05) is 164 Å². The number of benzene rings is 9. The third kappa shape index (κ3) is 5.63. The van der Waals surface area contributed by atoms with Gasteiger partial charge >= 0.3 is 0 Å². The van der Waals surface area contributed by atoms with Crippen LogP contribution in [0.3, 0.4) is 0 Å². The second kappa shape index (κ2) is 14.2. The number of hydrogen-bond donors (Lipinski definition) is 0. The summed E-state index contributed by atoms with van der Waals surface area (Å²) in [6, 6.07) is 73.4. The van der Waals surface area contributed by atoms with Crippen molar-refractivity contribution in [2.24, 2.45) is 0 Å². The Kier molecular flexibility index (Phi) is 8.02. The Morgan fingerprint density at radius 1 is 0.312 bits per heavy atom. The summed E-state index contributed by atoms with van der Waals surface area (Å²) in [5, 5.41) is 2.12. The van der Waals surface area contributed by atoms with Crippen molar-refractivity contribution in [1.82, 2.24) is 15.0 Å².